The molecule has 0 radical (unpaired) electrons. The monoisotopic (exact) mass is 353 g/mol. The molecule has 0 spiro atoms. The van der Waals surface area contributed by atoms with Crippen LogP contribution in [0.1, 0.15) is 10.4 Å². The zero-order valence-electron chi connectivity index (χ0n) is 11.0. The number of ether oxygens (including phenoxy) is 1. The van der Waals surface area contributed by atoms with Crippen LogP contribution in [0.5, 0.6) is 5.75 Å². The number of methoxy groups -OCH3 is 1. The van der Waals surface area contributed by atoms with Crippen molar-refractivity contribution in [2.75, 3.05) is 12.4 Å². The van der Waals surface area contributed by atoms with E-state index in [2.05, 4.69) is 31.1 Å². The molecule has 0 aliphatic carbocycles. The third kappa shape index (κ3) is 3.82. The highest BCUT2D eigenvalue weighted by Gasteiger charge is 2.13. The molecule has 0 aliphatic heterocycles. The van der Waals surface area contributed by atoms with Gasteiger partial charge >= 0.3 is 5.97 Å². The van der Waals surface area contributed by atoms with Crippen molar-refractivity contribution in [1.29, 1.82) is 0 Å². The van der Waals surface area contributed by atoms with E-state index in [0.717, 1.165) is 0 Å². The summed E-state index contributed by atoms with van der Waals surface area (Å²) in [6.07, 6.45) is 2.89. The van der Waals surface area contributed by atoms with Crippen molar-refractivity contribution in [3.05, 3.63) is 40.6 Å². The number of esters is 1. The molecule has 1 amide bonds. The van der Waals surface area contributed by atoms with Gasteiger partial charge in [0.25, 0.3) is 5.91 Å². The molecule has 1 aromatic carbocycles. The van der Waals surface area contributed by atoms with Crippen molar-refractivity contribution < 1.29 is 19.4 Å². The van der Waals surface area contributed by atoms with Gasteiger partial charge in [0, 0.05) is 10.7 Å². The summed E-state index contributed by atoms with van der Waals surface area (Å²) in [4.78, 5) is 23.1. The topological polar surface area (TPSA) is 93.5 Å². The number of carbonyl (C=O) groups excluding carboxylic acids is 2. The SMILES string of the molecule is COC(=O)Cn1cc(NC(=O)c2ccc(Br)cc2O)cn1. The number of rotatable bonds is 4. The minimum Gasteiger partial charge on any atom is -0.507 e. The highest BCUT2D eigenvalue weighted by molar-refractivity contribution is 9.10. The lowest BCUT2D eigenvalue weighted by atomic mass is 10.2. The highest BCUT2D eigenvalue weighted by Crippen LogP contribution is 2.23. The average Bonchev–Trinajstić information content (AvgIpc) is 2.85. The van der Waals surface area contributed by atoms with Crippen molar-refractivity contribution in [3.8, 4) is 5.75 Å². The van der Waals surface area contributed by atoms with Crippen LogP contribution >= 0.6 is 15.9 Å². The molecule has 1 heterocycles. The number of hydrogen-bond acceptors (Lipinski definition) is 5. The van der Waals surface area contributed by atoms with Crippen molar-refractivity contribution in [1.82, 2.24) is 9.78 Å². The van der Waals surface area contributed by atoms with Gasteiger partial charge in [-0.15, -0.1) is 0 Å². The Bertz CT molecular complexity index is 684. The van der Waals surface area contributed by atoms with Crippen LogP contribution in [0.2, 0.25) is 0 Å². The number of amides is 1. The molecule has 0 saturated heterocycles. The Hall–Kier alpha value is -2.35. The minimum atomic E-state index is -0.474. The summed E-state index contributed by atoms with van der Waals surface area (Å²) >= 11 is 3.20. The number of nitrogens with one attached hydrogen (secondary N) is 1. The van der Waals surface area contributed by atoms with Gasteiger partial charge in [-0.2, -0.15) is 5.10 Å². The minimum absolute atomic E-state index is 0.0457. The van der Waals surface area contributed by atoms with Gasteiger partial charge in [-0.1, -0.05) is 15.9 Å². The molecule has 0 fully saturated rings. The lowest BCUT2D eigenvalue weighted by Crippen LogP contribution is -2.13. The van der Waals surface area contributed by atoms with E-state index in [0.29, 0.717) is 10.2 Å². The molecule has 2 N–H and O–H groups in total. The van der Waals surface area contributed by atoms with Gasteiger partial charge in [0.1, 0.15) is 12.3 Å². The predicted molar refractivity (Wildman–Crippen MR) is 78.0 cm³/mol. The Labute approximate surface area is 128 Å². The molecule has 0 bridgehead atoms. The van der Waals surface area contributed by atoms with Gasteiger partial charge in [0.15, 0.2) is 0 Å². The summed E-state index contributed by atoms with van der Waals surface area (Å²) in [7, 11) is 1.28. The van der Waals surface area contributed by atoms with Gasteiger partial charge in [-0.3, -0.25) is 14.3 Å². The number of halogens is 1. The normalized spacial score (nSPS) is 10.2. The van der Waals surface area contributed by atoms with Crippen LogP contribution in [0.25, 0.3) is 0 Å². The highest BCUT2D eigenvalue weighted by atomic mass is 79.9. The quantitative estimate of drug-likeness (QED) is 0.817. The summed E-state index contributed by atoms with van der Waals surface area (Å²) in [5.41, 5.74) is 0.546. The van der Waals surface area contributed by atoms with Gasteiger partial charge in [-0.05, 0) is 18.2 Å². The number of benzene rings is 1. The molecule has 110 valence electrons. The smallest absolute Gasteiger partial charge is 0.327 e. The van der Waals surface area contributed by atoms with Crippen molar-refractivity contribution in [2.45, 2.75) is 6.54 Å². The number of phenols is 1. The maximum Gasteiger partial charge on any atom is 0.327 e. The number of aromatic nitrogens is 2. The van der Waals surface area contributed by atoms with Crippen LogP contribution in [0.15, 0.2) is 35.1 Å². The first-order chi connectivity index (χ1) is 9.99. The number of hydrogen-bond donors (Lipinski definition) is 2. The third-order valence-corrected chi connectivity index (χ3v) is 3.11. The van der Waals surface area contributed by atoms with E-state index in [9.17, 15) is 14.7 Å². The van der Waals surface area contributed by atoms with Crippen LogP contribution in [0.3, 0.4) is 0 Å². The van der Waals surface area contributed by atoms with E-state index in [1.807, 2.05) is 0 Å². The molecule has 1 aromatic heterocycles. The number of phenolic OH excluding ortho intramolecular Hbond substituents is 1. The molecule has 0 saturated carbocycles. The maximum absolute atomic E-state index is 12.0. The molecule has 8 heteroatoms. The predicted octanol–water partition coefficient (Wildman–Crippen LogP) is 1.78. The van der Waals surface area contributed by atoms with E-state index >= 15 is 0 Å². The van der Waals surface area contributed by atoms with Crippen molar-refractivity contribution >= 4 is 33.5 Å². The fourth-order valence-electron chi connectivity index (χ4n) is 1.61. The van der Waals surface area contributed by atoms with Gasteiger partial charge in [0.05, 0.1) is 24.6 Å². The van der Waals surface area contributed by atoms with Crippen molar-refractivity contribution in [2.24, 2.45) is 0 Å². The Kier molecular flexibility index (Phi) is 4.59. The molecule has 0 unspecified atom stereocenters. The van der Waals surface area contributed by atoms with Crippen LogP contribution < -0.4 is 5.32 Å². The number of anilines is 1. The molecular weight excluding hydrogens is 342 g/mol. The molecule has 0 aliphatic rings. The van der Waals surface area contributed by atoms with Crippen LogP contribution in [-0.4, -0.2) is 33.9 Å². The molecule has 2 rings (SSSR count). The second-order valence-electron chi connectivity index (χ2n) is 4.12. The third-order valence-electron chi connectivity index (χ3n) is 2.61. The van der Waals surface area contributed by atoms with Gasteiger partial charge in [-0.25, -0.2) is 0 Å². The summed E-state index contributed by atoms with van der Waals surface area (Å²) in [5, 5.41) is 16.2. The summed E-state index contributed by atoms with van der Waals surface area (Å²) < 4.78 is 6.52. The Morgan fingerprint density at radius 1 is 1.48 bits per heavy atom. The zero-order chi connectivity index (χ0) is 15.4. The molecule has 7 nitrogen and oxygen atoms in total. The summed E-state index contributed by atoms with van der Waals surface area (Å²) in [6, 6.07) is 4.57. The van der Waals surface area contributed by atoms with Crippen LogP contribution in [0, 0.1) is 0 Å². The fraction of sp³-hybridized carbons (Fsp3) is 0.154. The second kappa shape index (κ2) is 6.40. The first-order valence-electron chi connectivity index (χ1n) is 5.88. The number of carbonyl (C=O) groups is 2. The van der Waals surface area contributed by atoms with Gasteiger partial charge in [0.2, 0.25) is 0 Å². The Morgan fingerprint density at radius 2 is 2.24 bits per heavy atom. The molecule has 2 aromatic rings. The van der Waals surface area contributed by atoms with Crippen LogP contribution in [0.4, 0.5) is 5.69 Å². The zero-order valence-corrected chi connectivity index (χ0v) is 12.6. The summed E-state index contributed by atoms with van der Waals surface area (Å²) in [5.74, 6) is -1.05. The lowest BCUT2D eigenvalue weighted by molar-refractivity contribution is -0.141. The standard InChI is InChI=1S/C13H12BrN3O4/c1-21-12(19)7-17-6-9(5-15-17)16-13(20)10-3-2-8(14)4-11(10)18/h2-6,18H,7H2,1H3,(H,16,20). The van der Waals surface area contributed by atoms with E-state index in [4.69, 9.17) is 0 Å². The molecule has 0 atom stereocenters. The first-order valence-corrected chi connectivity index (χ1v) is 6.68. The second-order valence-corrected chi connectivity index (χ2v) is 5.03. The number of aromatic hydroxyl groups is 1. The largest absolute Gasteiger partial charge is 0.507 e. The Morgan fingerprint density at radius 3 is 2.90 bits per heavy atom. The van der Waals surface area contributed by atoms with E-state index < -0.39 is 11.9 Å². The van der Waals surface area contributed by atoms with E-state index in [1.54, 1.807) is 6.07 Å². The number of nitrogens with zero attached hydrogens (tertiary/aromatic N) is 2. The van der Waals surface area contributed by atoms with Crippen LogP contribution in [-0.2, 0) is 16.1 Å². The fourth-order valence-corrected chi connectivity index (χ4v) is 1.96. The first kappa shape index (κ1) is 15.0. The van der Waals surface area contributed by atoms with E-state index in [1.165, 1.54) is 36.3 Å². The maximum atomic E-state index is 12.0. The van der Waals surface area contributed by atoms with E-state index in [-0.39, 0.29) is 17.9 Å². The molecular formula is C13H12BrN3O4. The Balaban J connectivity index is 2.07. The molecule has 21 heavy (non-hydrogen) atoms. The summed E-state index contributed by atoms with van der Waals surface area (Å²) in [6.45, 7) is -0.0457. The van der Waals surface area contributed by atoms with Crippen molar-refractivity contribution in [3.63, 3.8) is 0 Å². The average molecular weight is 354 g/mol. The van der Waals surface area contributed by atoms with Gasteiger partial charge < -0.3 is 15.2 Å². The lowest BCUT2D eigenvalue weighted by Gasteiger charge is -2.05.